The van der Waals surface area contributed by atoms with Gasteiger partial charge in [-0.15, -0.1) is 11.3 Å². The van der Waals surface area contributed by atoms with E-state index in [1.807, 2.05) is 17.9 Å². The lowest BCUT2D eigenvalue weighted by Gasteiger charge is -2.30. The molecule has 4 rings (SSSR count). The molecule has 3 aromatic rings. The van der Waals surface area contributed by atoms with Gasteiger partial charge in [0, 0.05) is 24.7 Å². The number of carbonyl (C=O) groups excluding carboxylic acids is 1. The topological polar surface area (TPSA) is 61.9 Å². The van der Waals surface area contributed by atoms with Gasteiger partial charge in [-0.2, -0.15) is 5.10 Å². The third-order valence-corrected chi connectivity index (χ3v) is 6.69. The number of fused-ring (bicyclic) bond motifs is 1. The Kier molecular flexibility index (Phi) is 4.14. The lowest BCUT2D eigenvalue weighted by atomic mass is 9.97. The number of H-pyrrole nitrogens is 1. The van der Waals surface area contributed by atoms with E-state index in [-0.39, 0.29) is 5.91 Å². The first-order chi connectivity index (χ1) is 11.6. The van der Waals surface area contributed by atoms with Crippen LogP contribution in [0.5, 0.6) is 0 Å². The summed E-state index contributed by atoms with van der Waals surface area (Å²) in [6, 6.07) is 8.25. The number of nitrogens with zero attached hydrogens (tertiary/aromatic N) is 3. The van der Waals surface area contributed by atoms with Gasteiger partial charge in [0.2, 0.25) is 0 Å². The number of halogens is 1. The van der Waals surface area contributed by atoms with Crippen LogP contribution in [0.2, 0.25) is 0 Å². The van der Waals surface area contributed by atoms with E-state index in [1.54, 1.807) is 11.3 Å². The molecule has 2 aromatic heterocycles. The number of likely N-dealkylation sites (tertiary alicyclic amines) is 1. The molecule has 3 heterocycles. The monoisotopic (exact) mass is 404 g/mol. The van der Waals surface area contributed by atoms with Crippen LogP contribution in [-0.2, 0) is 0 Å². The van der Waals surface area contributed by atoms with Gasteiger partial charge in [0.1, 0.15) is 0 Å². The van der Waals surface area contributed by atoms with Crippen molar-refractivity contribution in [3.63, 3.8) is 0 Å². The van der Waals surface area contributed by atoms with Crippen LogP contribution in [0.3, 0.4) is 0 Å². The molecule has 124 valence electrons. The number of nitrogens with one attached hydrogen (secondary N) is 1. The Morgan fingerprint density at radius 1 is 1.33 bits per heavy atom. The first-order valence-electron chi connectivity index (χ1n) is 7.98. The second kappa shape index (κ2) is 6.29. The number of aromatic nitrogens is 3. The van der Waals surface area contributed by atoms with E-state index in [1.165, 1.54) is 9.71 Å². The molecular weight excluding hydrogens is 388 g/mol. The summed E-state index contributed by atoms with van der Waals surface area (Å²) in [6.07, 6.45) is 1.90. The quantitative estimate of drug-likeness (QED) is 0.698. The number of amides is 1. The van der Waals surface area contributed by atoms with E-state index in [4.69, 9.17) is 4.98 Å². The second-order valence-corrected chi connectivity index (χ2v) is 7.95. The predicted octanol–water partition coefficient (Wildman–Crippen LogP) is 4.11. The minimum absolute atomic E-state index is 0.00558. The molecule has 0 unspecified atom stereocenters. The van der Waals surface area contributed by atoms with Gasteiger partial charge in [0.25, 0.3) is 5.91 Å². The highest BCUT2D eigenvalue weighted by Crippen LogP contribution is 2.34. The molecule has 1 amide bonds. The fraction of sp³-hybridized carbons (Fsp3) is 0.353. The van der Waals surface area contributed by atoms with Crippen molar-refractivity contribution in [3.8, 4) is 0 Å². The fourth-order valence-electron chi connectivity index (χ4n) is 3.10. The SMILES string of the molecule is Cc1[nH]nc(C(=O)N2CCC(c3nc4ccccc4s3)CC2)c1Br. The molecule has 0 radical (unpaired) electrons. The highest BCUT2D eigenvalue weighted by atomic mass is 79.9. The molecule has 1 N–H and O–H groups in total. The number of benzene rings is 1. The lowest BCUT2D eigenvalue weighted by molar-refractivity contribution is 0.0706. The molecule has 0 aliphatic carbocycles. The third kappa shape index (κ3) is 2.75. The van der Waals surface area contributed by atoms with Gasteiger partial charge in [0.15, 0.2) is 5.69 Å². The Hall–Kier alpha value is -1.73. The lowest BCUT2D eigenvalue weighted by Crippen LogP contribution is -2.38. The van der Waals surface area contributed by atoms with E-state index in [0.29, 0.717) is 11.6 Å². The van der Waals surface area contributed by atoms with E-state index >= 15 is 0 Å². The highest BCUT2D eigenvalue weighted by molar-refractivity contribution is 9.10. The molecule has 0 atom stereocenters. The first kappa shape index (κ1) is 15.8. The third-order valence-electron chi connectivity index (χ3n) is 4.52. The molecule has 1 aromatic carbocycles. The van der Waals surface area contributed by atoms with Crippen LogP contribution in [-0.4, -0.2) is 39.1 Å². The number of thiazole rings is 1. The number of hydrogen-bond donors (Lipinski definition) is 1. The summed E-state index contributed by atoms with van der Waals surface area (Å²) in [4.78, 5) is 19.3. The standard InChI is InChI=1S/C17H17BrN4OS/c1-10-14(18)15(21-20-10)17(23)22-8-6-11(7-9-22)16-19-12-4-2-3-5-13(12)24-16/h2-5,11H,6-9H2,1H3,(H,20,21). The van der Waals surface area contributed by atoms with Crippen LogP contribution in [0.25, 0.3) is 10.2 Å². The Labute approximate surface area is 152 Å². The highest BCUT2D eigenvalue weighted by Gasteiger charge is 2.28. The summed E-state index contributed by atoms with van der Waals surface area (Å²) in [5.74, 6) is 0.435. The Balaban J connectivity index is 1.46. The normalized spacial score (nSPS) is 16.0. The molecule has 1 fully saturated rings. The zero-order valence-electron chi connectivity index (χ0n) is 13.3. The molecule has 5 nitrogen and oxygen atoms in total. The predicted molar refractivity (Wildman–Crippen MR) is 98.5 cm³/mol. The van der Waals surface area contributed by atoms with Crippen LogP contribution >= 0.6 is 27.3 Å². The van der Waals surface area contributed by atoms with Crippen molar-refractivity contribution >= 4 is 43.4 Å². The van der Waals surface area contributed by atoms with Gasteiger partial charge in [-0.25, -0.2) is 4.98 Å². The number of aromatic amines is 1. The van der Waals surface area contributed by atoms with Crippen LogP contribution in [0.4, 0.5) is 0 Å². The summed E-state index contributed by atoms with van der Waals surface area (Å²) in [5, 5.41) is 8.17. The van der Waals surface area contributed by atoms with Crippen LogP contribution in [0.1, 0.15) is 39.9 Å². The maximum atomic E-state index is 12.6. The number of carbonyl (C=O) groups is 1. The minimum Gasteiger partial charge on any atom is -0.337 e. The maximum Gasteiger partial charge on any atom is 0.275 e. The summed E-state index contributed by atoms with van der Waals surface area (Å²) >= 11 is 5.21. The smallest absolute Gasteiger partial charge is 0.275 e. The Morgan fingerprint density at radius 2 is 2.08 bits per heavy atom. The van der Waals surface area contributed by atoms with Gasteiger partial charge in [-0.1, -0.05) is 12.1 Å². The van der Waals surface area contributed by atoms with Crippen molar-refractivity contribution in [2.75, 3.05) is 13.1 Å². The van der Waals surface area contributed by atoms with Gasteiger partial charge in [-0.05, 0) is 47.8 Å². The number of aryl methyl sites for hydroxylation is 1. The summed E-state index contributed by atoms with van der Waals surface area (Å²) in [6.45, 7) is 3.39. The summed E-state index contributed by atoms with van der Waals surface area (Å²) in [5.41, 5.74) is 2.43. The number of hydrogen-bond acceptors (Lipinski definition) is 4. The van der Waals surface area contributed by atoms with Gasteiger partial charge in [-0.3, -0.25) is 9.89 Å². The maximum absolute atomic E-state index is 12.6. The van der Waals surface area contributed by atoms with Crippen molar-refractivity contribution in [2.45, 2.75) is 25.7 Å². The van der Waals surface area contributed by atoms with E-state index < -0.39 is 0 Å². The molecule has 0 saturated carbocycles. The number of rotatable bonds is 2. The minimum atomic E-state index is -0.00558. The van der Waals surface area contributed by atoms with Crippen LogP contribution < -0.4 is 0 Å². The van der Waals surface area contributed by atoms with Crippen LogP contribution in [0.15, 0.2) is 28.7 Å². The van der Waals surface area contributed by atoms with Gasteiger partial charge < -0.3 is 4.90 Å². The average Bonchev–Trinajstić information content (AvgIpc) is 3.19. The average molecular weight is 405 g/mol. The first-order valence-corrected chi connectivity index (χ1v) is 9.59. The molecule has 7 heteroatoms. The van der Waals surface area contributed by atoms with Gasteiger partial charge >= 0.3 is 0 Å². The van der Waals surface area contributed by atoms with E-state index in [9.17, 15) is 4.79 Å². The molecular formula is C17H17BrN4OS. The van der Waals surface area contributed by atoms with Crippen molar-refractivity contribution in [1.82, 2.24) is 20.1 Å². The molecule has 24 heavy (non-hydrogen) atoms. The summed E-state index contributed by atoms with van der Waals surface area (Å²) < 4.78 is 2.00. The molecule has 0 bridgehead atoms. The second-order valence-electron chi connectivity index (χ2n) is 6.10. The molecule has 1 saturated heterocycles. The number of piperidine rings is 1. The Bertz CT molecular complexity index is 862. The summed E-state index contributed by atoms with van der Waals surface area (Å²) in [7, 11) is 0. The molecule has 1 aliphatic heterocycles. The zero-order chi connectivity index (χ0) is 16.7. The van der Waals surface area contributed by atoms with Crippen molar-refractivity contribution in [1.29, 1.82) is 0 Å². The van der Waals surface area contributed by atoms with Crippen molar-refractivity contribution in [2.24, 2.45) is 0 Å². The molecule has 1 aliphatic rings. The van der Waals surface area contributed by atoms with E-state index in [0.717, 1.165) is 41.6 Å². The van der Waals surface area contributed by atoms with Crippen LogP contribution in [0, 0.1) is 6.92 Å². The molecule has 0 spiro atoms. The van der Waals surface area contributed by atoms with Crippen molar-refractivity contribution < 1.29 is 4.79 Å². The zero-order valence-corrected chi connectivity index (χ0v) is 15.7. The number of para-hydroxylation sites is 1. The Morgan fingerprint density at radius 3 is 2.75 bits per heavy atom. The largest absolute Gasteiger partial charge is 0.337 e. The van der Waals surface area contributed by atoms with Gasteiger partial charge in [0.05, 0.1) is 19.7 Å². The fourth-order valence-corrected chi connectivity index (χ4v) is 4.58. The van der Waals surface area contributed by atoms with Crippen molar-refractivity contribution in [3.05, 3.63) is 45.1 Å². The van der Waals surface area contributed by atoms with E-state index in [2.05, 4.69) is 44.3 Å².